The van der Waals surface area contributed by atoms with Crippen molar-refractivity contribution < 1.29 is 0 Å². The lowest BCUT2D eigenvalue weighted by Gasteiger charge is -2.57. The Hall–Kier alpha value is -1.32. The van der Waals surface area contributed by atoms with Crippen molar-refractivity contribution in [2.75, 3.05) is 24.2 Å². The number of rotatable bonds is 3. The molecule has 0 unspecified atom stereocenters. The van der Waals surface area contributed by atoms with Gasteiger partial charge < -0.3 is 10.6 Å². The van der Waals surface area contributed by atoms with Gasteiger partial charge in [-0.1, -0.05) is 0 Å². The SMILES string of the molecule is CN(CC12CC3CC(CC(C3)C1)C2)c1ccc(N)nn1. The Morgan fingerprint density at radius 3 is 2.20 bits per heavy atom. The standard InChI is InChI=1S/C16H24N4/c1-20(15-3-2-14(17)18-19-15)10-16-7-11-4-12(8-16)6-13(5-11)9-16/h2-3,11-13H,4-10H2,1H3,(H2,17,18). The lowest BCUT2D eigenvalue weighted by Crippen LogP contribution is -2.50. The Morgan fingerprint density at radius 1 is 1.10 bits per heavy atom. The number of hydrogen-bond donors (Lipinski definition) is 1. The maximum Gasteiger partial charge on any atom is 0.151 e. The zero-order valence-corrected chi connectivity index (χ0v) is 12.3. The minimum atomic E-state index is 0.497. The molecule has 108 valence electrons. The summed E-state index contributed by atoms with van der Waals surface area (Å²) in [5.74, 6) is 4.47. The van der Waals surface area contributed by atoms with Crippen molar-refractivity contribution in [1.29, 1.82) is 0 Å². The van der Waals surface area contributed by atoms with Gasteiger partial charge in [0.1, 0.15) is 5.82 Å². The molecule has 0 aromatic carbocycles. The summed E-state index contributed by atoms with van der Waals surface area (Å²) < 4.78 is 0. The maximum absolute atomic E-state index is 5.62. The van der Waals surface area contributed by atoms with E-state index >= 15 is 0 Å². The van der Waals surface area contributed by atoms with Gasteiger partial charge in [0, 0.05) is 13.6 Å². The van der Waals surface area contributed by atoms with Crippen LogP contribution in [0.15, 0.2) is 12.1 Å². The topological polar surface area (TPSA) is 55.0 Å². The van der Waals surface area contributed by atoms with E-state index in [9.17, 15) is 0 Å². The summed E-state index contributed by atoms with van der Waals surface area (Å²) in [7, 11) is 2.15. The highest BCUT2D eigenvalue weighted by molar-refractivity contribution is 5.40. The van der Waals surface area contributed by atoms with E-state index in [1.165, 1.54) is 38.5 Å². The van der Waals surface area contributed by atoms with E-state index in [1.54, 1.807) is 0 Å². The van der Waals surface area contributed by atoms with Gasteiger partial charge in [-0.3, -0.25) is 0 Å². The number of nitrogens with two attached hydrogens (primary N) is 1. The molecule has 20 heavy (non-hydrogen) atoms. The fraction of sp³-hybridized carbons (Fsp3) is 0.750. The first-order chi connectivity index (χ1) is 9.62. The van der Waals surface area contributed by atoms with Crippen LogP contribution in [0.3, 0.4) is 0 Å². The van der Waals surface area contributed by atoms with Crippen molar-refractivity contribution in [3.05, 3.63) is 12.1 Å². The summed E-state index contributed by atoms with van der Waals surface area (Å²) in [6.45, 7) is 1.13. The van der Waals surface area contributed by atoms with Crippen LogP contribution in [0.2, 0.25) is 0 Å². The van der Waals surface area contributed by atoms with Gasteiger partial charge in [-0.15, -0.1) is 10.2 Å². The lowest BCUT2D eigenvalue weighted by molar-refractivity contribution is -0.0472. The van der Waals surface area contributed by atoms with Crippen molar-refractivity contribution in [2.45, 2.75) is 38.5 Å². The van der Waals surface area contributed by atoms with Crippen molar-refractivity contribution >= 4 is 11.6 Å². The number of anilines is 2. The average molecular weight is 272 g/mol. The highest BCUT2D eigenvalue weighted by Gasteiger charge is 2.51. The Balaban J connectivity index is 1.52. The van der Waals surface area contributed by atoms with Gasteiger partial charge in [0.15, 0.2) is 5.82 Å². The van der Waals surface area contributed by atoms with Crippen LogP contribution in [0.1, 0.15) is 38.5 Å². The maximum atomic E-state index is 5.62. The molecule has 0 radical (unpaired) electrons. The largest absolute Gasteiger partial charge is 0.382 e. The van der Waals surface area contributed by atoms with Crippen LogP contribution in [0.5, 0.6) is 0 Å². The quantitative estimate of drug-likeness (QED) is 0.919. The Bertz CT molecular complexity index is 460. The first kappa shape index (κ1) is 12.4. The molecule has 0 spiro atoms. The summed E-state index contributed by atoms with van der Waals surface area (Å²) in [5.41, 5.74) is 6.17. The van der Waals surface area contributed by atoms with Crippen molar-refractivity contribution in [3.63, 3.8) is 0 Å². The zero-order chi connectivity index (χ0) is 13.7. The summed E-state index contributed by atoms with van der Waals surface area (Å²) >= 11 is 0. The van der Waals surface area contributed by atoms with E-state index in [-0.39, 0.29) is 0 Å². The molecule has 2 N–H and O–H groups in total. The average Bonchev–Trinajstić information content (AvgIpc) is 2.37. The molecule has 1 aromatic rings. The highest BCUT2D eigenvalue weighted by atomic mass is 15.3. The third-order valence-corrected chi connectivity index (χ3v) is 5.80. The van der Waals surface area contributed by atoms with Gasteiger partial charge in [0.25, 0.3) is 0 Å². The second kappa shape index (κ2) is 4.34. The normalized spacial score (nSPS) is 38.1. The molecular weight excluding hydrogens is 248 g/mol. The molecule has 0 aliphatic heterocycles. The second-order valence-corrected chi connectivity index (χ2v) is 7.59. The molecule has 4 aliphatic rings. The molecule has 4 bridgehead atoms. The predicted molar refractivity (Wildman–Crippen MR) is 80.3 cm³/mol. The molecule has 5 rings (SSSR count). The number of nitrogen functional groups attached to an aromatic ring is 1. The Morgan fingerprint density at radius 2 is 1.70 bits per heavy atom. The molecule has 0 atom stereocenters. The Labute approximate surface area is 120 Å². The first-order valence-corrected chi connectivity index (χ1v) is 7.92. The molecule has 0 amide bonds. The van der Waals surface area contributed by atoms with Gasteiger partial charge in [0.2, 0.25) is 0 Å². The minimum Gasteiger partial charge on any atom is -0.382 e. The van der Waals surface area contributed by atoms with Gasteiger partial charge in [-0.2, -0.15) is 0 Å². The summed E-state index contributed by atoms with van der Waals surface area (Å²) in [5, 5.41) is 8.21. The molecule has 1 heterocycles. The highest BCUT2D eigenvalue weighted by Crippen LogP contribution is 2.60. The van der Waals surface area contributed by atoms with Crippen molar-refractivity contribution in [3.8, 4) is 0 Å². The number of hydrogen-bond acceptors (Lipinski definition) is 4. The van der Waals surface area contributed by atoms with Crippen LogP contribution in [-0.2, 0) is 0 Å². The van der Waals surface area contributed by atoms with Gasteiger partial charge in [-0.05, 0) is 73.8 Å². The van der Waals surface area contributed by atoms with E-state index in [2.05, 4.69) is 22.1 Å². The second-order valence-electron chi connectivity index (χ2n) is 7.59. The summed E-state index contributed by atoms with van der Waals surface area (Å²) in [6, 6.07) is 3.83. The van der Waals surface area contributed by atoms with Crippen molar-refractivity contribution in [2.24, 2.45) is 23.2 Å². The third kappa shape index (κ3) is 2.05. The molecular formula is C16H24N4. The van der Waals surface area contributed by atoms with E-state index in [1.807, 2.05) is 12.1 Å². The monoisotopic (exact) mass is 272 g/mol. The van der Waals surface area contributed by atoms with Gasteiger partial charge in [0.05, 0.1) is 0 Å². The molecule has 4 aliphatic carbocycles. The van der Waals surface area contributed by atoms with E-state index in [4.69, 9.17) is 5.73 Å². The Kier molecular flexibility index (Phi) is 2.69. The van der Waals surface area contributed by atoms with Crippen LogP contribution in [0, 0.1) is 23.2 Å². The zero-order valence-electron chi connectivity index (χ0n) is 12.3. The fourth-order valence-electron chi connectivity index (χ4n) is 5.61. The molecule has 4 fully saturated rings. The van der Waals surface area contributed by atoms with Crippen molar-refractivity contribution in [1.82, 2.24) is 10.2 Å². The fourth-order valence-corrected chi connectivity index (χ4v) is 5.61. The van der Waals surface area contributed by atoms with Crippen LogP contribution in [-0.4, -0.2) is 23.8 Å². The number of nitrogens with zero attached hydrogens (tertiary/aromatic N) is 3. The third-order valence-electron chi connectivity index (χ3n) is 5.80. The van der Waals surface area contributed by atoms with Crippen LogP contribution in [0.25, 0.3) is 0 Å². The predicted octanol–water partition coefficient (Wildman–Crippen LogP) is 2.71. The molecule has 4 saturated carbocycles. The molecule has 4 heteroatoms. The summed E-state index contributed by atoms with van der Waals surface area (Å²) in [6.07, 6.45) is 8.82. The minimum absolute atomic E-state index is 0.497. The lowest BCUT2D eigenvalue weighted by atomic mass is 9.49. The van der Waals surface area contributed by atoms with Gasteiger partial charge in [-0.25, -0.2) is 0 Å². The first-order valence-electron chi connectivity index (χ1n) is 7.92. The van der Waals surface area contributed by atoms with E-state index in [0.717, 1.165) is 30.1 Å². The van der Waals surface area contributed by atoms with E-state index < -0.39 is 0 Å². The smallest absolute Gasteiger partial charge is 0.151 e. The number of aromatic nitrogens is 2. The van der Waals surface area contributed by atoms with Crippen LogP contribution >= 0.6 is 0 Å². The van der Waals surface area contributed by atoms with Crippen LogP contribution in [0.4, 0.5) is 11.6 Å². The van der Waals surface area contributed by atoms with Crippen LogP contribution < -0.4 is 10.6 Å². The van der Waals surface area contributed by atoms with Gasteiger partial charge >= 0.3 is 0 Å². The molecule has 4 nitrogen and oxygen atoms in total. The summed E-state index contributed by atoms with van der Waals surface area (Å²) in [4.78, 5) is 2.29. The molecule has 0 saturated heterocycles. The molecule has 1 aromatic heterocycles. The van der Waals surface area contributed by atoms with E-state index in [0.29, 0.717) is 11.2 Å².